The SMILES string of the molecule is CCCCCCCCC(CCC)OC(=O)CCCCCCCN(CCCCCCCC)CCCN[S+](C)[O-]. The van der Waals surface area contributed by atoms with E-state index >= 15 is 0 Å². The minimum Gasteiger partial charge on any atom is -0.598 e. The first-order valence-corrected chi connectivity index (χ1v) is 18.1. The van der Waals surface area contributed by atoms with Crippen molar-refractivity contribution in [3.05, 3.63) is 0 Å². The van der Waals surface area contributed by atoms with E-state index in [0.717, 1.165) is 58.2 Å². The highest BCUT2D eigenvalue weighted by Gasteiger charge is 2.13. The molecular formula is C32H66N2O3S. The predicted octanol–water partition coefficient (Wildman–Crippen LogP) is 8.73. The second-order valence-electron chi connectivity index (χ2n) is 11.3. The Morgan fingerprint density at radius 2 is 1.18 bits per heavy atom. The molecule has 0 amide bonds. The maximum Gasteiger partial charge on any atom is 0.306 e. The number of hydrogen-bond acceptors (Lipinski definition) is 5. The monoisotopic (exact) mass is 558 g/mol. The highest BCUT2D eigenvalue weighted by Crippen LogP contribution is 2.16. The Morgan fingerprint density at radius 1 is 0.684 bits per heavy atom. The van der Waals surface area contributed by atoms with Gasteiger partial charge in [0, 0.05) is 24.3 Å². The highest BCUT2D eigenvalue weighted by atomic mass is 32.2. The minimum atomic E-state index is -0.914. The number of esters is 1. The van der Waals surface area contributed by atoms with Crippen molar-refractivity contribution < 1.29 is 14.1 Å². The number of hydrogen-bond donors (Lipinski definition) is 1. The van der Waals surface area contributed by atoms with Crippen molar-refractivity contribution >= 4 is 17.3 Å². The Bertz CT molecular complexity index is 493. The van der Waals surface area contributed by atoms with Crippen molar-refractivity contribution in [1.82, 2.24) is 9.62 Å². The Balaban J connectivity index is 4.01. The smallest absolute Gasteiger partial charge is 0.306 e. The molecule has 0 aliphatic carbocycles. The first-order chi connectivity index (χ1) is 18.5. The Labute approximate surface area is 241 Å². The van der Waals surface area contributed by atoms with Gasteiger partial charge >= 0.3 is 5.97 Å². The van der Waals surface area contributed by atoms with Crippen LogP contribution in [0.1, 0.15) is 162 Å². The molecule has 1 N–H and O–H groups in total. The molecule has 0 heterocycles. The van der Waals surface area contributed by atoms with E-state index in [1.54, 1.807) is 6.26 Å². The van der Waals surface area contributed by atoms with E-state index in [4.69, 9.17) is 4.74 Å². The Hall–Kier alpha value is -0.300. The van der Waals surface area contributed by atoms with Gasteiger partial charge in [-0.3, -0.25) is 4.79 Å². The van der Waals surface area contributed by atoms with E-state index in [0.29, 0.717) is 6.42 Å². The topological polar surface area (TPSA) is 64.6 Å². The van der Waals surface area contributed by atoms with Crippen molar-refractivity contribution in [1.29, 1.82) is 0 Å². The van der Waals surface area contributed by atoms with Gasteiger partial charge in [-0.1, -0.05) is 111 Å². The van der Waals surface area contributed by atoms with Gasteiger partial charge in [0.15, 0.2) is 0 Å². The van der Waals surface area contributed by atoms with E-state index in [9.17, 15) is 9.35 Å². The highest BCUT2D eigenvalue weighted by molar-refractivity contribution is 7.88. The lowest BCUT2D eigenvalue weighted by molar-refractivity contribution is -0.150. The summed E-state index contributed by atoms with van der Waals surface area (Å²) in [4.78, 5) is 15.0. The summed E-state index contributed by atoms with van der Waals surface area (Å²) in [6.07, 6.45) is 28.1. The summed E-state index contributed by atoms with van der Waals surface area (Å²) in [6.45, 7) is 11.0. The molecule has 0 saturated heterocycles. The summed E-state index contributed by atoms with van der Waals surface area (Å²) in [5, 5.41) is 0. The zero-order valence-corrected chi connectivity index (χ0v) is 26.9. The van der Waals surface area contributed by atoms with E-state index in [-0.39, 0.29) is 12.1 Å². The molecule has 2 unspecified atom stereocenters. The van der Waals surface area contributed by atoms with Crippen molar-refractivity contribution in [2.24, 2.45) is 0 Å². The van der Waals surface area contributed by atoms with Gasteiger partial charge in [-0.05, 0) is 64.6 Å². The van der Waals surface area contributed by atoms with Gasteiger partial charge in [-0.2, -0.15) is 0 Å². The number of carbonyl (C=O) groups is 1. The molecule has 6 heteroatoms. The standard InChI is InChI=1S/C32H66N2O3S/c1-5-8-10-12-15-19-25-31(24-7-3)37-32(35)26-20-16-14-18-22-29-34(30-23-27-33-38(4)36)28-21-17-13-11-9-6-2/h31,33H,5-30H2,1-4H3. The first kappa shape index (κ1) is 37.7. The van der Waals surface area contributed by atoms with E-state index in [1.807, 2.05) is 0 Å². The van der Waals surface area contributed by atoms with Gasteiger partial charge < -0.3 is 14.2 Å². The molecule has 0 bridgehead atoms. The van der Waals surface area contributed by atoms with Crippen LogP contribution in [0.4, 0.5) is 0 Å². The normalized spacial score (nSPS) is 13.2. The van der Waals surface area contributed by atoms with Crippen LogP contribution in [0, 0.1) is 0 Å². The summed E-state index contributed by atoms with van der Waals surface area (Å²) in [6, 6.07) is 0. The average molecular weight is 559 g/mol. The second kappa shape index (κ2) is 29.7. The molecule has 0 aliphatic rings. The third-order valence-corrected chi connectivity index (χ3v) is 8.04. The lowest BCUT2D eigenvalue weighted by Crippen LogP contribution is -2.31. The molecule has 0 fully saturated rings. The Kier molecular flexibility index (Phi) is 29.4. The number of nitrogens with zero attached hydrogens (tertiary/aromatic N) is 1. The molecule has 228 valence electrons. The molecule has 5 nitrogen and oxygen atoms in total. The molecule has 0 aliphatic heterocycles. The lowest BCUT2D eigenvalue weighted by Gasteiger charge is -2.22. The zero-order chi connectivity index (χ0) is 28.1. The van der Waals surface area contributed by atoms with Crippen molar-refractivity contribution in [2.45, 2.75) is 168 Å². The Morgan fingerprint density at radius 3 is 1.74 bits per heavy atom. The number of ether oxygens (including phenoxy) is 1. The molecule has 0 aromatic heterocycles. The minimum absolute atomic E-state index is 0.0150. The fourth-order valence-electron chi connectivity index (χ4n) is 5.09. The van der Waals surface area contributed by atoms with Crippen molar-refractivity contribution in [2.75, 3.05) is 32.4 Å². The zero-order valence-electron chi connectivity index (χ0n) is 26.0. The number of carbonyl (C=O) groups excluding carboxylic acids is 1. The van der Waals surface area contributed by atoms with Crippen LogP contribution in [-0.2, 0) is 20.9 Å². The first-order valence-electron chi connectivity index (χ1n) is 16.5. The van der Waals surface area contributed by atoms with Gasteiger partial charge in [0.25, 0.3) is 0 Å². The molecule has 38 heavy (non-hydrogen) atoms. The second-order valence-corrected chi connectivity index (χ2v) is 12.5. The molecule has 0 spiro atoms. The summed E-state index contributed by atoms with van der Waals surface area (Å²) >= 11 is -0.914. The third kappa shape index (κ3) is 27.3. The molecule has 0 aromatic carbocycles. The number of nitrogens with one attached hydrogen (secondary N) is 1. The van der Waals surface area contributed by atoms with Crippen LogP contribution in [0.2, 0.25) is 0 Å². The van der Waals surface area contributed by atoms with Gasteiger partial charge in [0.1, 0.15) is 12.4 Å². The van der Waals surface area contributed by atoms with Gasteiger partial charge in [0.2, 0.25) is 0 Å². The van der Waals surface area contributed by atoms with Crippen LogP contribution < -0.4 is 4.72 Å². The van der Waals surface area contributed by atoms with Crippen LogP contribution in [-0.4, -0.2) is 54.0 Å². The molecule has 0 rings (SSSR count). The third-order valence-electron chi connectivity index (χ3n) is 7.43. The van der Waals surface area contributed by atoms with Crippen LogP contribution >= 0.6 is 0 Å². The summed E-state index contributed by atoms with van der Waals surface area (Å²) in [7, 11) is 0. The maximum absolute atomic E-state index is 12.4. The number of rotatable bonds is 30. The van der Waals surface area contributed by atoms with E-state index in [1.165, 1.54) is 103 Å². The summed E-state index contributed by atoms with van der Waals surface area (Å²) in [5.74, 6) is 0.0150. The predicted molar refractivity (Wildman–Crippen MR) is 167 cm³/mol. The average Bonchev–Trinajstić information content (AvgIpc) is 2.89. The molecule has 0 radical (unpaired) electrons. The number of unbranched alkanes of at least 4 members (excludes halogenated alkanes) is 14. The summed E-state index contributed by atoms with van der Waals surface area (Å²) in [5.41, 5.74) is 0. The van der Waals surface area contributed by atoms with Gasteiger partial charge in [0.05, 0.1) is 0 Å². The van der Waals surface area contributed by atoms with Crippen LogP contribution in [0.5, 0.6) is 0 Å². The molecule has 2 atom stereocenters. The molecule has 0 aromatic rings. The van der Waals surface area contributed by atoms with Crippen molar-refractivity contribution in [3.63, 3.8) is 0 Å². The van der Waals surface area contributed by atoms with Gasteiger partial charge in [-0.15, -0.1) is 4.72 Å². The van der Waals surface area contributed by atoms with E-state index in [2.05, 4.69) is 30.4 Å². The molecular weight excluding hydrogens is 492 g/mol. The fraction of sp³-hybridized carbons (Fsp3) is 0.969. The lowest BCUT2D eigenvalue weighted by atomic mass is 10.0. The van der Waals surface area contributed by atoms with E-state index < -0.39 is 11.4 Å². The van der Waals surface area contributed by atoms with Crippen LogP contribution in [0.15, 0.2) is 0 Å². The quantitative estimate of drug-likeness (QED) is 0.0542. The largest absolute Gasteiger partial charge is 0.598 e. The van der Waals surface area contributed by atoms with Crippen LogP contribution in [0.25, 0.3) is 0 Å². The molecule has 0 saturated carbocycles. The van der Waals surface area contributed by atoms with Gasteiger partial charge in [-0.25, -0.2) is 0 Å². The van der Waals surface area contributed by atoms with Crippen molar-refractivity contribution in [3.8, 4) is 0 Å². The summed E-state index contributed by atoms with van der Waals surface area (Å²) < 4.78 is 20.1. The maximum atomic E-state index is 12.4. The fourth-order valence-corrected chi connectivity index (χ4v) is 5.52. The van der Waals surface area contributed by atoms with Crippen LogP contribution in [0.3, 0.4) is 0 Å².